The number of pyridine rings is 1. The van der Waals surface area contributed by atoms with Crippen LogP contribution in [0.5, 0.6) is 0 Å². The van der Waals surface area contributed by atoms with Gasteiger partial charge in [0, 0.05) is 30.1 Å². The molecule has 1 aliphatic rings. The summed E-state index contributed by atoms with van der Waals surface area (Å²) in [6.07, 6.45) is 3.37. The first-order chi connectivity index (χ1) is 18.6. The predicted octanol–water partition coefficient (Wildman–Crippen LogP) is 4.49. The molecular formula is C27H23N5O4S2. The molecule has 0 unspecified atom stereocenters. The molecule has 4 heterocycles. The van der Waals surface area contributed by atoms with Crippen LogP contribution in [0, 0.1) is 0 Å². The van der Waals surface area contributed by atoms with Crippen molar-refractivity contribution in [3.63, 3.8) is 0 Å². The summed E-state index contributed by atoms with van der Waals surface area (Å²) >= 11 is 1.41. The highest BCUT2D eigenvalue weighted by Gasteiger charge is 2.26. The predicted molar refractivity (Wildman–Crippen MR) is 146 cm³/mol. The van der Waals surface area contributed by atoms with Crippen molar-refractivity contribution < 1.29 is 17.6 Å². The lowest BCUT2D eigenvalue weighted by atomic mass is 10.2. The summed E-state index contributed by atoms with van der Waals surface area (Å²) in [7, 11) is -3.58. The van der Waals surface area contributed by atoms with Crippen molar-refractivity contribution in [3.8, 4) is 11.5 Å². The van der Waals surface area contributed by atoms with Crippen LogP contribution in [0.4, 0.5) is 5.69 Å². The Balaban J connectivity index is 1.39. The third kappa shape index (κ3) is 4.96. The number of hydrogen-bond donors (Lipinski definition) is 0. The second-order valence-corrected chi connectivity index (χ2v) is 11.3. The lowest BCUT2D eigenvalue weighted by molar-refractivity contribution is 0.0730. The van der Waals surface area contributed by atoms with E-state index in [1.54, 1.807) is 41.4 Å². The van der Waals surface area contributed by atoms with Crippen LogP contribution >= 0.6 is 11.3 Å². The van der Waals surface area contributed by atoms with Crippen LogP contribution in [0.1, 0.15) is 5.69 Å². The van der Waals surface area contributed by atoms with Crippen LogP contribution in [-0.4, -0.2) is 54.9 Å². The Morgan fingerprint density at radius 3 is 2.53 bits per heavy atom. The van der Waals surface area contributed by atoms with Crippen molar-refractivity contribution in [2.24, 2.45) is 10.1 Å². The van der Waals surface area contributed by atoms with E-state index in [9.17, 15) is 8.42 Å². The molecule has 0 spiro atoms. The Morgan fingerprint density at radius 2 is 1.76 bits per heavy atom. The van der Waals surface area contributed by atoms with Gasteiger partial charge in [0.2, 0.25) is 14.8 Å². The normalized spacial score (nSPS) is 15.5. The van der Waals surface area contributed by atoms with Gasteiger partial charge in [0.15, 0.2) is 5.76 Å². The van der Waals surface area contributed by atoms with Gasteiger partial charge in [-0.15, -0.1) is 11.3 Å². The second-order valence-electron chi connectivity index (χ2n) is 8.49. The van der Waals surface area contributed by atoms with Crippen molar-refractivity contribution in [2.75, 3.05) is 26.3 Å². The highest BCUT2D eigenvalue weighted by Crippen LogP contribution is 2.28. The molecule has 0 radical (unpaired) electrons. The lowest BCUT2D eigenvalue weighted by Crippen LogP contribution is -2.40. The summed E-state index contributed by atoms with van der Waals surface area (Å²) in [5.41, 5.74) is 2.82. The number of nitrogens with zero attached hydrogens (tertiary/aromatic N) is 5. The van der Waals surface area contributed by atoms with Gasteiger partial charge in [0.1, 0.15) is 11.3 Å². The minimum Gasteiger partial charge on any atom is -0.454 e. The molecule has 38 heavy (non-hydrogen) atoms. The summed E-state index contributed by atoms with van der Waals surface area (Å²) in [5.74, 6) is 0.661. The zero-order valence-electron chi connectivity index (χ0n) is 20.2. The zero-order valence-corrected chi connectivity index (χ0v) is 21.8. The topological polar surface area (TPSA) is 102 Å². The number of ether oxygens (including phenoxy) is 1. The molecule has 2 aromatic carbocycles. The number of rotatable bonds is 6. The van der Waals surface area contributed by atoms with Gasteiger partial charge < -0.3 is 9.15 Å². The maximum atomic E-state index is 13.0. The fraction of sp³-hybridized carbons (Fsp3) is 0.148. The molecular weight excluding hydrogens is 522 g/mol. The van der Waals surface area contributed by atoms with Gasteiger partial charge in [-0.3, -0.25) is 4.98 Å². The Hall–Kier alpha value is -3.90. The Morgan fingerprint density at radius 1 is 0.974 bits per heavy atom. The van der Waals surface area contributed by atoms with Gasteiger partial charge in [-0.2, -0.15) is 9.41 Å². The average Bonchev–Trinajstić information content (AvgIpc) is 3.57. The first-order valence-electron chi connectivity index (χ1n) is 12.0. The summed E-state index contributed by atoms with van der Waals surface area (Å²) < 4.78 is 40.5. The fourth-order valence-corrected chi connectivity index (χ4v) is 6.32. The number of benzene rings is 2. The minimum absolute atomic E-state index is 0.230. The van der Waals surface area contributed by atoms with E-state index in [4.69, 9.17) is 14.1 Å². The quantitative estimate of drug-likeness (QED) is 0.293. The highest BCUT2D eigenvalue weighted by molar-refractivity contribution is 7.89. The van der Waals surface area contributed by atoms with Crippen LogP contribution in [-0.2, 0) is 14.8 Å². The van der Waals surface area contributed by atoms with Gasteiger partial charge in [-0.05, 0) is 48.5 Å². The van der Waals surface area contributed by atoms with Crippen LogP contribution in [0.25, 0.3) is 22.4 Å². The Bertz CT molecular complexity index is 1730. The van der Waals surface area contributed by atoms with E-state index in [0.717, 1.165) is 16.7 Å². The number of fused-ring (bicyclic) bond motifs is 1. The zero-order chi connectivity index (χ0) is 26.0. The largest absolute Gasteiger partial charge is 0.454 e. The maximum Gasteiger partial charge on any atom is 0.243 e. The van der Waals surface area contributed by atoms with E-state index < -0.39 is 10.0 Å². The maximum absolute atomic E-state index is 13.0. The summed E-state index contributed by atoms with van der Waals surface area (Å²) in [4.78, 5) is 9.91. The van der Waals surface area contributed by atoms with E-state index in [-0.39, 0.29) is 4.90 Å². The molecule has 0 N–H and O–H groups in total. The van der Waals surface area contributed by atoms with Crippen LogP contribution in [0.3, 0.4) is 0 Å². The van der Waals surface area contributed by atoms with E-state index in [1.807, 2.05) is 53.9 Å². The van der Waals surface area contributed by atoms with Crippen LogP contribution in [0.2, 0.25) is 0 Å². The summed E-state index contributed by atoms with van der Waals surface area (Å²) in [6.45, 7) is 1.50. The molecule has 5 aromatic rings. The van der Waals surface area contributed by atoms with E-state index in [2.05, 4.69) is 10.1 Å². The van der Waals surface area contributed by atoms with Crippen LogP contribution in [0.15, 0.2) is 104 Å². The highest BCUT2D eigenvalue weighted by atomic mass is 32.2. The monoisotopic (exact) mass is 545 g/mol. The van der Waals surface area contributed by atoms with Gasteiger partial charge in [0.25, 0.3) is 0 Å². The molecule has 1 fully saturated rings. The van der Waals surface area contributed by atoms with Crippen molar-refractivity contribution in [2.45, 2.75) is 4.90 Å². The van der Waals surface area contributed by atoms with Gasteiger partial charge in [0.05, 0.1) is 35.7 Å². The van der Waals surface area contributed by atoms with Gasteiger partial charge in [-0.1, -0.05) is 24.3 Å². The molecule has 6 rings (SSSR count). The molecule has 0 amide bonds. The molecule has 192 valence electrons. The van der Waals surface area contributed by atoms with E-state index in [1.165, 1.54) is 15.6 Å². The summed E-state index contributed by atoms with van der Waals surface area (Å²) in [5, 5.41) is 7.59. The fourth-order valence-electron chi connectivity index (χ4n) is 4.08. The van der Waals surface area contributed by atoms with E-state index in [0.29, 0.717) is 48.2 Å². The molecule has 0 aliphatic carbocycles. The van der Waals surface area contributed by atoms with Crippen molar-refractivity contribution >= 4 is 44.2 Å². The molecule has 0 atom stereocenters. The molecule has 0 bridgehead atoms. The lowest BCUT2D eigenvalue weighted by Gasteiger charge is -2.26. The number of para-hydroxylation sites is 1. The SMILES string of the molecule is O=S(=O)(c1ccc(N=c2scc(-c3cc4ccccc4o3)n2N=Cc2ccccn2)cc1)N1CCOCC1. The first-order valence-corrected chi connectivity index (χ1v) is 14.3. The standard InChI is InChI=1S/C27H23N5O4S2/c33-38(34,31-13-15-35-16-14-31)23-10-8-21(9-11-23)30-27-32(29-18-22-6-3-4-12-28-22)24(19-37-27)26-17-20-5-1-2-7-25(20)36-26/h1-12,17-19H,13-16H2. The number of hydrogen-bond acceptors (Lipinski definition) is 8. The number of aromatic nitrogens is 2. The van der Waals surface area contributed by atoms with Gasteiger partial charge >= 0.3 is 0 Å². The number of thiazole rings is 1. The number of furan rings is 1. The van der Waals surface area contributed by atoms with Crippen LogP contribution < -0.4 is 4.80 Å². The van der Waals surface area contributed by atoms with E-state index >= 15 is 0 Å². The second kappa shape index (κ2) is 10.5. The first kappa shape index (κ1) is 24.4. The smallest absolute Gasteiger partial charge is 0.243 e. The molecule has 1 saturated heterocycles. The Kier molecular flexibility index (Phi) is 6.73. The molecule has 3 aromatic heterocycles. The number of morpholine rings is 1. The third-order valence-electron chi connectivity index (χ3n) is 6.03. The molecule has 1 aliphatic heterocycles. The third-order valence-corrected chi connectivity index (χ3v) is 8.75. The van der Waals surface area contributed by atoms with Crippen molar-refractivity contribution in [3.05, 3.63) is 94.9 Å². The van der Waals surface area contributed by atoms with Crippen molar-refractivity contribution in [1.82, 2.24) is 14.0 Å². The number of sulfonamides is 1. The van der Waals surface area contributed by atoms with Crippen molar-refractivity contribution in [1.29, 1.82) is 0 Å². The average molecular weight is 546 g/mol. The minimum atomic E-state index is -3.58. The molecule has 0 saturated carbocycles. The van der Waals surface area contributed by atoms with Gasteiger partial charge in [-0.25, -0.2) is 18.1 Å². The Labute approximate surface area is 223 Å². The molecule has 9 nitrogen and oxygen atoms in total. The molecule has 11 heteroatoms. The summed E-state index contributed by atoms with van der Waals surface area (Å²) in [6, 6.07) is 21.9.